The molecule has 0 saturated heterocycles. The van der Waals surface area contributed by atoms with E-state index >= 15 is 0 Å². The molecule has 4 nitrogen and oxygen atoms in total. The first-order valence-electron chi connectivity index (χ1n) is 5.53. The van der Waals surface area contributed by atoms with Crippen LogP contribution in [0.5, 0.6) is 0 Å². The van der Waals surface area contributed by atoms with E-state index in [1.165, 1.54) is 0 Å². The summed E-state index contributed by atoms with van der Waals surface area (Å²) in [4.78, 5) is 17.2. The second kappa shape index (κ2) is 4.75. The second-order valence-electron chi connectivity index (χ2n) is 3.97. The Balaban J connectivity index is 2.31. The molecule has 0 bridgehead atoms. The number of hydrogen-bond donors (Lipinski definition) is 1. The Kier molecular flexibility index (Phi) is 3.33. The maximum Gasteiger partial charge on any atom is 0.346 e. The quantitative estimate of drug-likeness (QED) is 0.898. The summed E-state index contributed by atoms with van der Waals surface area (Å²) in [6, 6.07) is 6.81. The molecule has 2 amide bonds. The second-order valence-corrected chi connectivity index (χ2v) is 4.40. The molecule has 2 rings (SSSR count). The highest BCUT2D eigenvalue weighted by Gasteiger charge is 2.33. The highest BCUT2D eigenvalue weighted by atomic mass is 35.5. The molecular formula is C12H14ClN3O. The first-order valence-corrected chi connectivity index (χ1v) is 5.91. The zero-order valence-electron chi connectivity index (χ0n) is 9.56. The van der Waals surface area contributed by atoms with E-state index in [0.29, 0.717) is 17.4 Å². The topological polar surface area (TPSA) is 58.7 Å². The summed E-state index contributed by atoms with van der Waals surface area (Å²) in [6.07, 6.45) is 0.874. The smallest absolute Gasteiger partial charge is 0.346 e. The largest absolute Gasteiger partial charge is 0.385 e. The Morgan fingerprint density at radius 1 is 1.41 bits per heavy atom. The Hall–Kier alpha value is -1.55. The molecule has 1 atom stereocenters. The SMILES string of the molecule is CCCN1C(=O)N=C(N)C1c1ccc(Cl)cc1. The maximum absolute atomic E-state index is 11.7. The van der Waals surface area contributed by atoms with E-state index in [-0.39, 0.29) is 12.1 Å². The molecule has 5 heteroatoms. The maximum atomic E-state index is 11.7. The van der Waals surface area contributed by atoms with Crippen molar-refractivity contribution in [3.63, 3.8) is 0 Å². The molecule has 1 unspecified atom stereocenters. The van der Waals surface area contributed by atoms with E-state index in [0.717, 1.165) is 12.0 Å². The molecule has 1 aromatic carbocycles. The molecule has 1 heterocycles. The molecule has 0 radical (unpaired) electrons. The van der Waals surface area contributed by atoms with Crippen LogP contribution in [0.3, 0.4) is 0 Å². The molecule has 1 aliphatic heterocycles. The van der Waals surface area contributed by atoms with Crippen LogP contribution in [0.25, 0.3) is 0 Å². The van der Waals surface area contributed by atoms with Crippen LogP contribution in [-0.2, 0) is 0 Å². The zero-order chi connectivity index (χ0) is 12.4. The number of carbonyl (C=O) groups is 1. The van der Waals surface area contributed by atoms with E-state index in [4.69, 9.17) is 17.3 Å². The van der Waals surface area contributed by atoms with Gasteiger partial charge in [-0.3, -0.25) is 0 Å². The Morgan fingerprint density at radius 3 is 2.65 bits per heavy atom. The van der Waals surface area contributed by atoms with Crippen molar-refractivity contribution in [1.82, 2.24) is 4.90 Å². The average Bonchev–Trinajstić information content (AvgIpc) is 2.56. The number of amidine groups is 1. The summed E-state index contributed by atoms with van der Waals surface area (Å²) in [5.41, 5.74) is 6.75. The lowest BCUT2D eigenvalue weighted by molar-refractivity contribution is 0.206. The van der Waals surface area contributed by atoms with E-state index in [1.807, 2.05) is 19.1 Å². The van der Waals surface area contributed by atoms with Gasteiger partial charge in [0.1, 0.15) is 11.9 Å². The lowest BCUT2D eigenvalue weighted by Gasteiger charge is -2.23. The van der Waals surface area contributed by atoms with E-state index in [1.54, 1.807) is 17.0 Å². The lowest BCUT2D eigenvalue weighted by Crippen LogP contribution is -2.33. The van der Waals surface area contributed by atoms with Crippen LogP contribution < -0.4 is 5.73 Å². The van der Waals surface area contributed by atoms with E-state index < -0.39 is 0 Å². The molecule has 1 aromatic rings. The number of halogens is 1. The Bertz CT molecular complexity index is 455. The van der Waals surface area contributed by atoms with Gasteiger partial charge in [0.15, 0.2) is 0 Å². The number of aliphatic imine (C=N–C) groups is 1. The van der Waals surface area contributed by atoms with Crippen molar-refractivity contribution in [1.29, 1.82) is 0 Å². The fourth-order valence-corrected chi connectivity index (χ4v) is 2.09. The van der Waals surface area contributed by atoms with E-state index in [9.17, 15) is 4.79 Å². The standard InChI is InChI=1S/C12H14ClN3O/c1-2-7-16-10(11(14)15-12(16)17)8-3-5-9(13)6-4-8/h3-6,10H,2,7H2,1H3,(H2,14,15,17). The van der Waals surface area contributed by atoms with Crippen LogP contribution in [-0.4, -0.2) is 23.3 Å². The molecule has 0 aliphatic carbocycles. The third-order valence-corrected chi connectivity index (χ3v) is 2.96. The van der Waals surface area contributed by atoms with Crippen molar-refractivity contribution >= 4 is 23.5 Å². The van der Waals surface area contributed by atoms with Crippen LogP contribution in [0.4, 0.5) is 4.79 Å². The van der Waals surface area contributed by atoms with Gasteiger partial charge in [0, 0.05) is 11.6 Å². The summed E-state index contributed by atoms with van der Waals surface area (Å²) in [7, 11) is 0. The molecule has 90 valence electrons. The van der Waals surface area contributed by atoms with Crippen LogP contribution in [0, 0.1) is 0 Å². The molecular weight excluding hydrogens is 238 g/mol. The third kappa shape index (κ3) is 2.26. The van der Waals surface area contributed by atoms with Crippen LogP contribution in [0.1, 0.15) is 24.9 Å². The predicted octanol–water partition coefficient (Wildman–Crippen LogP) is 2.58. The Labute approximate surface area is 105 Å². The summed E-state index contributed by atoms with van der Waals surface area (Å²) < 4.78 is 0. The summed E-state index contributed by atoms with van der Waals surface area (Å²) in [6.45, 7) is 2.66. The van der Waals surface area contributed by atoms with Crippen molar-refractivity contribution < 1.29 is 4.79 Å². The van der Waals surface area contributed by atoms with Crippen LogP contribution in [0.2, 0.25) is 5.02 Å². The minimum atomic E-state index is -0.260. The van der Waals surface area contributed by atoms with Crippen molar-refractivity contribution in [3.8, 4) is 0 Å². The number of benzene rings is 1. The van der Waals surface area contributed by atoms with Gasteiger partial charge in [0.25, 0.3) is 0 Å². The van der Waals surface area contributed by atoms with Crippen molar-refractivity contribution in [2.45, 2.75) is 19.4 Å². The molecule has 1 aliphatic rings. The Morgan fingerprint density at radius 2 is 2.06 bits per heavy atom. The monoisotopic (exact) mass is 251 g/mol. The third-order valence-electron chi connectivity index (χ3n) is 2.71. The number of nitrogens with zero attached hydrogens (tertiary/aromatic N) is 2. The van der Waals surface area contributed by atoms with Gasteiger partial charge in [0.05, 0.1) is 0 Å². The minimum Gasteiger partial charge on any atom is -0.385 e. The number of carbonyl (C=O) groups excluding carboxylic acids is 1. The average molecular weight is 252 g/mol. The van der Waals surface area contributed by atoms with Gasteiger partial charge in [-0.05, 0) is 24.1 Å². The van der Waals surface area contributed by atoms with Gasteiger partial charge < -0.3 is 10.6 Å². The highest BCUT2D eigenvalue weighted by molar-refractivity contribution is 6.30. The normalized spacial score (nSPS) is 19.6. The summed E-state index contributed by atoms with van der Waals surface area (Å²) >= 11 is 5.84. The molecule has 0 aromatic heterocycles. The van der Waals surface area contributed by atoms with E-state index in [2.05, 4.69) is 4.99 Å². The number of urea groups is 1. The van der Waals surface area contributed by atoms with Gasteiger partial charge in [-0.1, -0.05) is 30.7 Å². The molecule has 0 fully saturated rings. The zero-order valence-corrected chi connectivity index (χ0v) is 10.3. The highest BCUT2D eigenvalue weighted by Crippen LogP contribution is 2.27. The molecule has 2 N–H and O–H groups in total. The molecule has 17 heavy (non-hydrogen) atoms. The van der Waals surface area contributed by atoms with Crippen molar-refractivity contribution in [2.75, 3.05) is 6.54 Å². The van der Waals surface area contributed by atoms with Gasteiger partial charge in [-0.25, -0.2) is 4.79 Å². The summed E-state index contributed by atoms with van der Waals surface area (Å²) in [5, 5.41) is 0.663. The van der Waals surface area contributed by atoms with Crippen LogP contribution >= 0.6 is 11.6 Å². The van der Waals surface area contributed by atoms with Gasteiger partial charge in [-0.15, -0.1) is 0 Å². The predicted molar refractivity (Wildman–Crippen MR) is 68.2 cm³/mol. The number of hydrogen-bond acceptors (Lipinski definition) is 2. The van der Waals surface area contributed by atoms with Gasteiger partial charge >= 0.3 is 6.03 Å². The van der Waals surface area contributed by atoms with Crippen molar-refractivity contribution in [2.24, 2.45) is 10.7 Å². The molecule has 0 spiro atoms. The fraction of sp³-hybridized carbons (Fsp3) is 0.333. The minimum absolute atomic E-state index is 0.250. The first kappa shape index (κ1) is 11.9. The summed E-state index contributed by atoms with van der Waals surface area (Å²) in [5.74, 6) is 0.353. The number of amides is 2. The number of nitrogens with two attached hydrogens (primary N) is 1. The molecule has 0 saturated carbocycles. The fourth-order valence-electron chi connectivity index (χ4n) is 1.97. The lowest BCUT2D eigenvalue weighted by atomic mass is 10.1. The van der Waals surface area contributed by atoms with Gasteiger partial charge in [0.2, 0.25) is 0 Å². The number of rotatable bonds is 3. The van der Waals surface area contributed by atoms with Crippen LogP contribution in [0.15, 0.2) is 29.3 Å². The van der Waals surface area contributed by atoms with Gasteiger partial charge in [-0.2, -0.15) is 4.99 Å². The van der Waals surface area contributed by atoms with Crippen molar-refractivity contribution in [3.05, 3.63) is 34.9 Å². The first-order chi connectivity index (χ1) is 8.13.